The minimum absolute atomic E-state index is 0.0416. The van der Waals surface area contributed by atoms with Crippen LogP contribution in [0.3, 0.4) is 0 Å². The van der Waals surface area contributed by atoms with Gasteiger partial charge in [0, 0.05) is 5.54 Å². The molecule has 2 heterocycles. The number of aliphatic hydroxyl groups excluding tert-OH is 1. The van der Waals surface area contributed by atoms with Crippen LogP contribution in [0, 0.1) is 0 Å². The highest BCUT2D eigenvalue weighted by molar-refractivity contribution is 4.96. The van der Waals surface area contributed by atoms with Crippen molar-refractivity contribution >= 4 is 0 Å². The van der Waals surface area contributed by atoms with E-state index in [1.807, 2.05) is 0 Å². The Balaban J connectivity index is 1.91. The molecule has 0 aromatic heterocycles. The lowest BCUT2D eigenvalue weighted by molar-refractivity contribution is -0.0330. The van der Waals surface area contributed by atoms with Crippen molar-refractivity contribution in [3.8, 4) is 0 Å². The topological polar surface area (TPSA) is 41.5 Å². The van der Waals surface area contributed by atoms with Gasteiger partial charge < -0.3 is 15.2 Å². The molecule has 2 saturated heterocycles. The third-order valence-electron chi connectivity index (χ3n) is 3.81. The number of aliphatic hydroxyl groups is 1. The Labute approximate surface area is 92.2 Å². The zero-order chi connectivity index (χ0) is 10.9. The second kappa shape index (κ2) is 4.04. The molecule has 88 valence electrons. The summed E-state index contributed by atoms with van der Waals surface area (Å²) in [7, 11) is 0. The summed E-state index contributed by atoms with van der Waals surface area (Å²) in [5.74, 6) is 0. The second-order valence-electron chi connectivity index (χ2n) is 5.71. The highest BCUT2D eigenvalue weighted by atomic mass is 16.5. The zero-order valence-electron chi connectivity index (χ0n) is 9.88. The molecule has 2 aliphatic heterocycles. The summed E-state index contributed by atoms with van der Waals surface area (Å²) in [6.07, 6.45) is 5.83. The highest BCUT2D eigenvalue weighted by Crippen LogP contribution is 2.35. The van der Waals surface area contributed by atoms with Gasteiger partial charge in [0.1, 0.15) is 0 Å². The van der Waals surface area contributed by atoms with E-state index in [1.54, 1.807) is 0 Å². The van der Waals surface area contributed by atoms with Gasteiger partial charge in [0.05, 0.1) is 18.3 Å². The Hall–Kier alpha value is -0.120. The number of nitrogens with one attached hydrogen (secondary N) is 1. The van der Waals surface area contributed by atoms with E-state index in [2.05, 4.69) is 19.2 Å². The van der Waals surface area contributed by atoms with E-state index in [1.165, 1.54) is 6.42 Å². The van der Waals surface area contributed by atoms with Crippen LogP contribution < -0.4 is 5.32 Å². The first-order valence-corrected chi connectivity index (χ1v) is 6.09. The molecular formula is C12H23NO2. The summed E-state index contributed by atoms with van der Waals surface area (Å²) in [5.41, 5.74) is -0.00893. The van der Waals surface area contributed by atoms with Gasteiger partial charge in [0.25, 0.3) is 0 Å². The van der Waals surface area contributed by atoms with Crippen LogP contribution in [-0.2, 0) is 4.74 Å². The Morgan fingerprint density at radius 3 is 2.67 bits per heavy atom. The molecule has 0 amide bonds. The first-order valence-electron chi connectivity index (χ1n) is 6.09. The molecule has 3 nitrogen and oxygen atoms in total. The third kappa shape index (κ3) is 2.52. The van der Waals surface area contributed by atoms with Crippen molar-refractivity contribution in [3.63, 3.8) is 0 Å². The van der Waals surface area contributed by atoms with Gasteiger partial charge in [-0.25, -0.2) is 0 Å². The maximum absolute atomic E-state index is 9.49. The molecule has 0 aromatic carbocycles. The van der Waals surface area contributed by atoms with Crippen LogP contribution in [-0.4, -0.2) is 35.5 Å². The number of hydrogen-bond acceptors (Lipinski definition) is 3. The fraction of sp³-hybridized carbons (Fsp3) is 1.00. The molecule has 0 aliphatic carbocycles. The summed E-state index contributed by atoms with van der Waals surface area (Å²) in [5, 5.41) is 12.9. The average molecular weight is 213 g/mol. The molecule has 2 rings (SSSR count). The Bertz CT molecular complexity index is 222. The van der Waals surface area contributed by atoms with Gasteiger partial charge in [-0.3, -0.25) is 0 Å². The van der Waals surface area contributed by atoms with E-state index < -0.39 is 0 Å². The summed E-state index contributed by atoms with van der Waals surface area (Å²) >= 11 is 0. The lowest BCUT2D eigenvalue weighted by Crippen LogP contribution is -2.46. The molecule has 0 saturated carbocycles. The number of rotatable bonds is 3. The van der Waals surface area contributed by atoms with Crippen molar-refractivity contribution in [1.29, 1.82) is 0 Å². The van der Waals surface area contributed by atoms with E-state index in [0.717, 1.165) is 32.2 Å². The quantitative estimate of drug-likeness (QED) is 0.745. The molecule has 0 bridgehead atoms. The van der Waals surface area contributed by atoms with E-state index >= 15 is 0 Å². The standard InChI is InChI=1S/C12H23NO2/c1-11(2)6-4-10(15-11)8-12(9-14)5-3-7-13-12/h10,13-14H,3-9H2,1-2H3. The Morgan fingerprint density at radius 1 is 1.40 bits per heavy atom. The van der Waals surface area contributed by atoms with E-state index in [0.29, 0.717) is 6.10 Å². The van der Waals surface area contributed by atoms with Crippen molar-refractivity contribution in [1.82, 2.24) is 5.32 Å². The van der Waals surface area contributed by atoms with Crippen molar-refractivity contribution in [3.05, 3.63) is 0 Å². The highest BCUT2D eigenvalue weighted by Gasteiger charge is 2.40. The van der Waals surface area contributed by atoms with Gasteiger partial charge in [-0.15, -0.1) is 0 Å². The smallest absolute Gasteiger partial charge is 0.0631 e. The van der Waals surface area contributed by atoms with Gasteiger partial charge in [0.15, 0.2) is 0 Å². The summed E-state index contributed by atoms with van der Waals surface area (Å²) < 4.78 is 5.99. The number of hydrogen-bond donors (Lipinski definition) is 2. The summed E-state index contributed by atoms with van der Waals surface area (Å²) in [6, 6.07) is 0. The maximum Gasteiger partial charge on any atom is 0.0631 e. The lowest BCUT2D eigenvalue weighted by Gasteiger charge is -2.30. The van der Waals surface area contributed by atoms with Crippen LogP contribution in [0.4, 0.5) is 0 Å². The Morgan fingerprint density at radius 2 is 2.20 bits per heavy atom. The summed E-state index contributed by atoms with van der Waals surface area (Å²) in [4.78, 5) is 0. The molecule has 2 N–H and O–H groups in total. The fourth-order valence-corrected chi connectivity index (χ4v) is 2.90. The van der Waals surface area contributed by atoms with Crippen LogP contribution in [0.1, 0.15) is 46.0 Å². The van der Waals surface area contributed by atoms with Gasteiger partial charge >= 0.3 is 0 Å². The van der Waals surface area contributed by atoms with Crippen LogP contribution >= 0.6 is 0 Å². The Kier molecular flexibility index (Phi) is 3.06. The van der Waals surface area contributed by atoms with Gasteiger partial charge in [-0.2, -0.15) is 0 Å². The van der Waals surface area contributed by atoms with Crippen molar-refractivity contribution in [2.24, 2.45) is 0 Å². The molecule has 0 radical (unpaired) electrons. The minimum atomic E-state index is -0.0505. The third-order valence-corrected chi connectivity index (χ3v) is 3.81. The number of ether oxygens (including phenoxy) is 1. The molecule has 15 heavy (non-hydrogen) atoms. The second-order valence-corrected chi connectivity index (χ2v) is 5.71. The van der Waals surface area contributed by atoms with E-state index in [-0.39, 0.29) is 17.7 Å². The van der Waals surface area contributed by atoms with Crippen LogP contribution in [0.25, 0.3) is 0 Å². The summed E-state index contributed by atoms with van der Waals surface area (Å²) in [6.45, 7) is 5.59. The predicted octanol–water partition coefficient (Wildman–Crippen LogP) is 1.45. The van der Waals surface area contributed by atoms with E-state index in [9.17, 15) is 5.11 Å². The van der Waals surface area contributed by atoms with Gasteiger partial charge in [0.2, 0.25) is 0 Å². The zero-order valence-corrected chi connectivity index (χ0v) is 9.88. The first-order chi connectivity index (χ1) is 7.05. The largest absolute Gasteiger partial charge is 0.394 e. The van der Waals surface area contributed by atoms with Crippen LogP contribution in [0.15, 0.2) is 0 Å². The molecule has 0 aromatic rings. The van der Waals surface area contributed by atoms with Gasteiger partial charge in [-0.05, 0) is 52.5 Å². The molecule has 2 unspecified atom stereocenters. The SMILES string of the molecule is CC1(C)CCC(CC2(CO)CCCN2)O1. The molecule has 0 spiro atoms. The molecule has 2 atom stereocenters. The molecular weight excluding hydrogens is 190 g/mol. The van der Waals surface area contributed by atoms with Crippen molar-refractivity contribution < 1.29 is 9.84 Å². The van der Waals surface area contributed by atoms with E-state index in [4.69, 9.17) is 4.74 Å². The normalized spacial score (nSPS) is 39.8. The molecule has 3 heteroatoms. The van der Waals surface area contributed by atoms with Gasteiger partial charge in [-0.1, -0.05) is 0 Å². The lowest BCUT2D eigenvalue weighted by atomic mass is 9.90. The van der Waals surface area contributed by atoms with Crippen LogP contribution in [0.5, 0.6) is 0 Å². The van der Waals surface area contributed by atoms with Crippen LogP contribution in [0.2, 0.25) is 0 Å². The fourth-order valence-electron chi connectivity index (χ4n) is 2.90. The molecule has 2 fully saturated rings. The predicted molar refractivity (Wildman–Crippen MR) is 59.9 cm³/mol. The average Bonchev–Trinajstić information content (AvgIpc) is 2.75. The monoisotopic (exact) mass is 213 g/mol. The first kappa shape index (κ1) is 11.4. The van der Waals surface area contributed by atoms with Crippen molar-refractivity contribution in [2.75, 3.05) is 13.2 Å². The maximum atomic E-state index is 9.49. The van der Waals surface area contributed by atoms with Crippen molar-refractivity contribution in [2.45, 2.75) is 63.2 Å². The molecule has 2 aliphatic rings. The minimum Gasteiger partial charge on any atom is -0.394 e.